The number of H-pyrrole nitrogens is 2. The Morgan fingerprint density at radius 1 is 0.677 bits per heavy atom. The molecule has 0 aliphatic carbocycles. The molecule has 5 rings (SSSR count). The number of benzene rings is 3. The predicted molar refractivity (Wildman–Crippen MR) is 112 cm³/mol. The Morgan fingerprint density at radius 3 is 1.61 bits per heavy atom. The second-order valence-corrected chi connectivity index (χ2v) is 7.50. The molecule has 0 radical (unpaired) electrons. The van der Waals surface area contributed by atoms with Crippen molar-refractivity contribution in [1.82, 2.24) is 9.97 Å². The van der Waals surface area contributed by atoms with E-state index in [4.69, 9.17) is 0 Å². The Kier molecular flexibility index (Phi) is 4.22. The van der Waals surface area contributed by atoms with Gasteiger partial charge in [-0.3, -0.25) is 0 Å². The van der Waals surface area contributed by atoms with Gasteiger partial charge in [-0.2, -0.15) is 13.2 Å². The highest BCUT2D eigenvalue weighted by atomic mass is 19.4. The third-order valence-electron chi connectivity index (χ3n) is 5.59. The van der Waals surface area contributed by atoms with Crippen molar-refractivity contribution in [3.8, 4) is 11.5 Å². The van der Waals surface area contributed by atoms with E-state index in [0.29, 0.717) is 5.56 Å². The first-order valence-corrected chi connectivity index (χ1v) is 9.58. The minimum atomic E-state index is -4.41. The average Bonchev–Trinajstić information content (AvgIpc) is 3.32. The fourth-order valence-electron chi connectivity index (χ4n) is 4.14. The molecule has 0 saturated carbocycles. The van der Waals surface area contributed by atoms with E-state index in [2.05, 4.69) is 9.97 Å². The number of phenols is 2. The molecule has 31 heavy (non-hydrogen) atoms. The van der Waals surface area contributed by atoms with Gasteiger partial charge < -0.3 is 20.2 Å². The highest BCUT2D eigenvalue weighted by Crippen LogP contribution is 2.41. The number of aromatic hydroxyl groups is 2. The molecule has 5 aromatic rings. The summed E-state index contributed by atoms with van der Waals surface area (Å²) in [5, 5.41) is 21.3. The van der Waals surface area contributed by atoms with Gasteiger partial charge in [0.1, 0.15) is 11.5 Å². The van der Waals surface area contributed by atoms with Gasteiger partial charge in [0.2, 0.25) is 0 Å². The van der Waals surface area contributed by atoms with Crippen LogP contribution >= 0.6 is 0 Å². The molecule has 7 heteroatoms. The Labute approximate surface area is 174 Å². The fraction of sp³-hybridized carbons (Fsp3) is 0.0833. The lowest BCUT2D eigenvalue weighted by Gasteiger charge is -2.18. The Morgan fingerprint density at radius 2 is 1.16 bits per heavy atom. The summed E-state index contributed by atoms with van der Waals surface area (Å²) >= 11 is 0. The maximum absolute atomic E-state index is 13.1. The average molecular weight is 422 g/mol. The molecule has 0 bridgehead atoms. The number of aromatic amines is 2. The van der Waals surface area contributed by atoms with Gasteiger partial charge in [-0.25, -0.2) is 0 Å². The molecule has 4 nitrogen and oxygen atoms in total. The molecule has 0 atom stereocenters. The fourth-order valence-corrected chi connectivity index (χ4v) is 4.14. The number of hydrogen-bond acceptors (Lipinski definition) is 2. The molecule has 2 aromatic heterocycles. The summed E-state index contributed by atoms with van der Waals surface area (Å²) in [7, 11) is 0. The van der Waals surface area contributed by atoms with Gasteiger partial charge in [0.15, 0.2) is 0 Å². The zero-order valence-electron chi connectivity index (χ0n) is 16.0. The van der Waals surface area contributed by atoms with Crippen LogP contribution in [-0.4, -0.2) is 20.2 Å². The molecule has 0 aliphatic heterocycles. The third kappa shape index (κ3) is 3.28. The summed E-state index contributed by atoms with van der Waals surface area (Å²) in [4.78, 5) is 6.29. The van der Waals surface area contributed by atoms with Crippen LogP contribution in [0.25, 0.3) is 21.8 Å². The van der Waals surface area contributed by atoms with Crippen molar-refractivity contribution in [2.45, 2.75) is 12.1 Å². The molecular weight excluding hydrogens is 405 g/mol. The third-order valence-corrected chi connectivity index (χ3v) is 5.59. The summed E-state index contributed by atoms with van der Waals surface area (Å²) in [5.74, 6) is -0.136. The largest absolute Gasteiger partial charge is 0.508 e. The highest BCUT2D eigenvalue weighted by Gasteiger charge is 2.31. The molecule has 0 amide bonds. The van der Waals surface area contributed by atoms with Gasteiger partial charge in [-0.15, -0.1) is 0 Å². The molecule has 2 heterocycles. The number of alkyl halides is 3. The van der Waals surface area contributed by atoms with Crippen LogP contribution in [0.4, 0.5) is 13.2 Å². The van der Waals surface area contributed by atoms with Crippen LogP contribution in [0.2, 0.25) is 0 Å². The van der Waals surface area contributed by atoms with E-state index >= 15 is 0 Å². The quantitative estimate of drug-likeness (QED) is 0.277. The maximum atomic E-state index is 13.1. The molecule has 0 spiro atoms. The van der Waals surface area contributed by atoms with Gasteiger partial charge in [0.25, 0.3) is 0 Å². The van der Waals surface area contributed by atoms with E-state index in [-0.39, 0.29) is 17.4 Å². The topological polar surface area (TPSA) is 72.0 Å². The number of fused-ring (bicyclic) bond motifs is 2. The van der Waals surface area contributed by atoms with Crippen LogP contribution in [0.15, 0.2) is 73.1 Å². The van der Waals surface area contributed by atoms with Crippen molar-refractivity contribution in [1.29, 1.82) is 0 Å². The Balaban J connectivity index is 1.74. The first-order valence-electron chi connectivity index (χ1n) is 9.58. The van der Waals surface area contributed by atoms with E-state index in [0.717, 1.165) is 45.1 Å². The number of rotatable bonds is 3. The van der Waals surface area contributed by atoms with Crippen LogP contribution in [0, 0.1) is 0 Å². The first kappa shape index (κ1) is 19.1. The van der Waals surface area contributed by atoms with E-state index in [9.17, 15) is 23.4 Å². The summed E-state index contributed by atoms with van der Waals surface area (Å²) in [6.45, 7) is 0. The number of phenolic OH excluding ortho intramolecular Hbond substituents is 2. The lowest BCUT2D eigenvalue weighted by atomic mass is 9.84. The van der Waals surface area contributed by atoms with Crippen molar-refractivity contribution in [2.24, 2.45) is 0 Å². The van der Waals surface area contributed by atoms with E-state index < -0.39 is 11.7 Å². The molecule has 0 aliphatic rings. The van der Waals surface area contributed by atoms with E-state index in [1.54, 1.807) is 36.4 Å². The van der Waals surface area contributed by atoms with E-state index in [1.807, 2.05) is 12.4 Å². The second-order valence-electron chi connectivity index (χ2n) is 7.50. The predicted octanol–water partition coefficient (Wildman–Crippen LogP) is 6.26. The normalized spacial score (nSPS) is 12.3. The van der Waals surface area contributed by atoms with Crippen LogP contribution in [0.1, 0.15) is 28.2 Å². The summed E-state index contributed by atoms with van der Waals surface area (Å²) in [6, 6.07) is 15.1. The second kappa shape index (κ2) is 6.84. The van der Waals surface area contributed by atoms with Gasteiger partial charge in [-0.05, 0) is 53.1 Å². The summed E-state index contributed by atoms with van der Waals surface area (Å²) in [6.07, 6.45) is -0.790. The van der Waals surface area contributed by atoms with Crippen LogP contribution < -0.4 is 0 Å². The molecule has 3 aromatic carbocycles. The standard InChI is InChI=1S/C24H17F3N2O2/c25-24(26,27)14-3-1-13(2-4-14)23(19-11-28-21-9-15(30)5-7-17(19)21)20-12-29-22-10-16(31)6-8-18(20)22/h1-12,23,28-31H. The van der Waals surface area contributed by atoms with Gasteiger partial charge in [0, 0.05) is 52.3 Å². The van der Waals surface area contributed by atoms with Crippen molar-refractivity contribution < 1.29 is 23.4 Å². The molecule has 0 fully saturated rings. The minimum absolute atomic E-state index is 0.120. The van der Waals surface area contributed by atoms with Crippen LogP contribution in [0.5, 0.6) is 11.5 Å². The number of nitrogens with one attached hydrogen (secondary N) is 2. The van der Waals surface area contributed by atoms with Crippen LogP contribution in [0.3, 0.4) is 0 Å². The SMILES string of the molecule is Oc1ccc2c(C(c3ccc(C(F)(F)F)cc3)c3c[nH]c4cc(O)ccc34)c[nH]c2c1. The maximum Gasteiger partial charge on any atom is 0.416 e. The molecular formula is C24H17F3N2O2. The van der Waals surface area contributed by atoms with Gasteiger partial charge in [0.05, 0.1) is 5.56 Å². The highest BCUT2D eigenvalue weighted by molar-refractivity contribution is 5.90. The van der Waals surface area contributed by atoms with E-state index in [1.165, 1.54) is 12.1 Å². The first-order chi connectivity index (χ1) is 14.8. The lowest BCUT2D eigenvalue weighted by Crippen LogP contribution is -2.07. The lowest BCUT2D eigenvalue weighted by molar-refractivity contribution is -0.137. The van der Waals surface area contributed by atoms with Gasteiger partial charge in [-0.1, -0.05) is 12.1 Å². The zero-order valence-corrected chi connectivity index (χ0v) is 16.0. The van der Waals surface area contributed by atoms with Crippen molar-refractivity contribution in [3.05, 3.63) is 95.3 Å². The van der Waals surface area contributed by atoms with Crippen molar-refractivity contribution >= 4 is 21.8 Å². The molecule has 0 saturated heterocycles. The number of aromatic nitrogens is 2. The van der Waals surface area contributed by atoms with Gasteiger partial charge >= 0.3 is 6.18 Å². The molecule has 4 N–H and O–H groups in total. The number of hydrogen-bond donors (Lipinski definition) is 4. The van der Waals surface area contributed by atoms with Crippen molar-refractivity contribution in [2.75, 3.05) is 0 Å². The van der Waals surface area contributed by atoms with Crippen LogP contribution in [-0.2, 0) is 6.18 Å². The zero-order chi connectivity index (χ0) is 21.8. The minimum Gasteiger partial charge on any atom is -0.508 e. The summed E-state index contributed by atoms with van der Waals surface area (Å²) in [5.41, 5.74) is 3.17. The summed E-state index contributed by atoms with van der Waals surface area (Å²) < 4.78 is 39.3. The Bertz CT molecular complexity index is 1320. The monoisotopic (exact) mass is 422 g/mol. The van der Waals surface area contributed by atoms with Crippen molar-refractivity contribution in [3.63, 3.8) is 0 Å². The number of halogens is 3. The molecule has 0 unspecified atom stereocenters. The Hall–Kier alpha value is -3.87. The smallest absolute Gasteiger partial charge is 0.416 e. The molecule has 156 valence electrons.